The van der Waals surface area contributed by atoms with Crippen molar-refractivity contribution in [1.82, 2.24) is 19.6 Å². The van der Waals surface area contributed by atoms with E-state index in [2.05, 4.69) is 30.9 Å². The van der Waals surface area contributed by atoms with Crippen molar-refractivity contribution in [2.24, 2.45) is 0 Å². The van der Waals surface area contributed by atoms with E-state index in [9.17, 15) is 0 Å². The van der Waals surface area contributed by atoms with Crippen molar-refractivity contribution in [3.63, 3.8) is 0 Å². The Hall–Kier alpha value is -1.95. The number of hydrogen-bond acceptors (Lipinski definition) is 5. The highest BCUT2D eigenvalue weighted by atomic mass is 32.1. The molecule has 0 atom stereocenters. The lowest BCUT2D eigenvalue weighted by molar-refractivity contribution is 0.958. The van der Waals surface area contributed by atoms with Gasteiger partial charge in [0, 0.05) is 5.39 Å². The van der Waals surface area contributed by atoms with E-state index in [1.54, 1.807) is 0 Å². The van der Waals surface area contributed by atoms with Crippen molar-refractivity contribution < 1.29 is 0 Å². The Morgan fingerprint density at radius 2 is 2.25 bits per heavy atom. The van der Waals surface area contributed by atoms with Crippen LogP contribution in [0.2, 0.25) is 0 Å². The van der Waals surface area contributed by atoms with Gasteiger partial charge in [-0.3, -0.25) is 5.10 Å². The second-order valence-electron chi connectivity index (χ2n) is 3.31. The van der Waals surface area contributed by atoms with Crippen molar-refractivity contribution in [3.8, 4) is 0 Å². The van der Waals surface area contributed by atoms with Crippen LogP contribution in [0.25, 0.3) is 10.9 Å². The normalized spacial score (nSPS) is 10.8. The third-order valence-electron chi connectivity index (χ3n) is 2.27. The molecule has 2 N–H and O–H groups in total. The molecule has 6 heteroatoms. The minimum Gasteiger partial charge on any atom is -0.368 e. The zero-order valence-corrected chi connectivity index (χ0v) is 9.16. The van der Waals surface area contributed by atoms with Gasteiger partial charge in [-0.1, -0.05) is 12.1 Å². The van der Waals surface area contributed by atoms with Gasteiger partial charge in [0.15, 0.2) is 0 Å². The van der Waals surface area contributed by atoms with Crippen molar-refractivity contribution in [3.05, 3.63) is 36.4 Å². The van der Waals surface area contributed by atoms with Gasteiger partial charge >= 0.3 is 0 Å². The van der Waals surface area contributed by atoms with Crippen molar-refractivity contribution >= 4 is 27.4 Å². The number of hydrogen-bond donors (Lipinski definition) is 2. The Balaban J connectivity index is 1.84. The summed E-state index contributed by atoms with van der Waals surface area (Å²) < 4.78 is 4.35. The van der Waals surface area contributed by atoms with Crippen LogP contribution in [-0.4, -0.2) is 19.6 Å². The molecule has 0 bridgehead atoms. The molecular formula is C10H9N5S. The van der Waals surface area contributed by atoms with Crippen LogP contribution in [-0.2, 0) is 6.54 Å². The fraction of sp³-hybridized carbons (Fsp3) is 0.100. The summed E-state index contributed by atoms with van der Waals surface area (Å²) in [5, 5.41) is 12.1. The predicted molar refractivity (Wildman–Crippen MR) is 63.3 cm³/mol. The van der Waals surface area contributed by atoms with Crippen LogP contribution >= 0.6 is 11.5 Å². The molecule has 3 rings (SSSR count). The number of benzene rings is 1. The van der Waals surface area contributed by atoms with Gasteiger partial charge in [0.1, 0.15) is 17.2 Å². The zero-order chi connectivity index (χ0) is 10.8. The second-order valence-corrected chi connectivity index (χ2v) is 4.09. The van der Waals surface area contributed by atoms with Gasteiger partial charge in [-0.25, -0.2) is 4.98 Å². The molecule has 0 aliphatic heterocycles. The Bertz CT molecular complexity index is 586. The summed E-state index contributed by atoms with van der Waals surface area (Å²) in [4.78, 5) is 4.05. The van der Waals surface area contributed by atoms with Gasteiger partial charge in [0.25, 0.3) is 0 Å². The van der Waals surface area contributed by atoms with Crippen molar-refractivity contribution in [1.29, 1.82) is 0 Å². The Kier molecular flexibility index (Phi) is 2.26. The summed E-state index contributed by atoms with van der Waals surface area (Å²) in [6.07, 6.45) is 1.50. The maximum Gasteiger partial charge on any atom is 0.143 e. The first kappa shape index (κ1) is 9.29. The lowest BCUT2D eigenvalue weighted by Crippen LogP contribution is -1.99. The molecule has 0 radical (unpaired) electrons. The highest BCUT2D eigenvalue weighted by Gasteiger charge is 2.04. The number of rotatable bonds is 3. The average Bonchev–Trinajstić information content (AvgIpc) is 2.96. The molecular weight excluding hydrogens is 222 g/mol. The van der Waals surface area contributed by atoms with E-state index in [0.717, 1.165) is 21.7 Å². The first-order valence-electron chi connectivity index (χ1n) is 4.86. The molecule has 2 heterocycles. The van der Waals surface area contributed by atoms with Gasteiger partial charge in [0.2, 0.25) is 0 Å². The van der Waals surface area contributed by atoms with Crippen LogP contribution in [0.4, 0.5) is 5.00 Å². The summed E-state index contributed by atoms with van der Waals surface area (Å²) in [6, 6.07) is 8.06. The van der Waals surface area contributed by atoms with Crippen LogP contribution in [0.15, 0.2) is 30.6 Å². The summed E-state index contributed by atoms with van der Waals surface area (Å²) in [6.45, 7) is 0.631. The molecule has 3 aromatic rings. The standard InChI is InChI=1S/C10H9N5S/c1-2-4-8-7(3-1)10(16-15-8)11-5-9-12-6-13-14-9/h1-4,6,11H,5H2,(H,12,13,14). The minimum absolute atomic E-state index is 0.631. The predicted octanol–water partition coefficient (Wildman–Crippen LogP) is 2.03. The van der Waals surface area contributed by atoms with E-state index in [1.807, 2.05) is 18.2 Å². The molecule has 16 heavy (non-hydrogen) atoms. The first-order valence-corrected chi connectivity index (χ1v) is 5.63. The average molecular weight is 231 g/mol. The van der Waals surface area contributed by atoms with E-state index in [4.69, 9.17) is 0 Å². The van der Waals surface area contributed by atoms with Crippen LogP contribution in [0.3, 0.4) is 0 Å². The third-order valence-corrected chi connectivity index (χ3v) is 3.10. The summed E-state index contributed by atoms with van der Waals surface area (Å²) >= 11 is 1.46. The number of aromatic amines is 1. The SMILES string of the molecule is c1ccc2c(NCc3ncn[nH]3)snc2c1. The molecule has 0 saturated heterocycles. The first-order chi connectivity index (χ1) is 7.93. The van der Waals surface area contributed by atoms with E-state index in [0.29, 0.717) is 6.54 Å². The Morgan fingerprint density at radius 3 is 3.12 bits per heavy atom. The highest BCUT2D eigenvalue weighted by Crippen LogP contribution is 2.27. The monoisotopic (exact) mass is 231 g/mol. The highest BCUT2D eigenvalue weighted by molar-refractivity contribution is 7.11. The summed E-state index contributed by atoms with van der Waals surface area (Å²) in [5.74, 6) is 0.817. The lowest BCUT2D eigenvalue weighted by atomic mass is 10.2. The maximum absolute atomic E-state index is 4.35. The number of fused-ring (bicyclic) bond motifs is 1. The third kappa shape index (κ3) is 1.63. The fourth-order valence-electron chi connectivity index (χ4n) is 1.50. The number of H-pyrrole nitrogens is 1. The van der Waals surface area contributed by atoms with Crippen molar-refractivity contribution in [2.75, 3.05) is 5.32 Å². The lowest BCUT2D eigenvalue weighted by Gasteiger charge is -1.99. The number of aromatic nitrogens is 4. The van der Waals surface area contributed by atoms with Crippen LogP contribution in [0, 0.1) is 0 Å². The smallest absolute Gasteiger partial charge is 0.143 e. The van der Waals surface area contributed by atoms with Gasteiger partial charge in [-0.05, 0) is 23.7 Å². The molecule has 0 amide bonds. The Morgan fingerprint density at radius 1 is 1.31 bits per heavy atom. The molecule has 0 saturated carbocycles. The maximum atomic E-state index is 4.35. The van der Waals surface area contributed by atoms with E-state index in [-0.39, 0.29) is 0 Å². The largest absolute Gasteiger partial charge is 0.368 e. The van der Waals surface area contributed by atoms with Crippen LogP contribution in [0.1, 0.15) is 5.82 Å². The zero-order valence-electron chi connectivity index (χ0n) is 8.34. The Labute approximate surface area is 95.7 Å². The van der Waals surface area contributed by atoms with Gasteiger partial charge in [-0.2, -0.15) is 9.47 Å². The molecule has 0 unspecified atom stereocenters. The summed E-state index contributed by atoms with van der Waals surface area (Å²) in [5.41, 5.74) is 1.02. The van der Waals surface area contributed by atoms with Crippen LogP contribution < -0.4 is 5.32 Å². The van der Waals surface area contributed by atoms with E-state index in [1.165, 1.54) is 17.9 Å². The van der Waals surface area contributed by atoms with E-state index < -0.39 is 0 Å². The van der Waals surface area contributed by atoms with Gasteiger partial charge in [-0.15, -0.1) is 0 Å². The molecule has 5 nitrogen and oxygen atoms in total. The quantitative estimate of drug-likeness (QED) is 0.723. The van der Waals surface area contributed by atoms with Crippen molar-refractivity contribution in [2.45, 2.75) is 6.54 Å². The summed E-state index contributed by atoms with van der Waals surface area (Å²) in [7, 11) is 0. The van der Waals surface area contributed by atoms with E-state index >= 15 is 0 Å². The topological polar surface area (TPSA) is 66.5 Å². The molecule has 80 valence electrons. The van der Waals surface area contributed by atoms with Gasteiger partial charge in [0.05, 0.1) is 12.1 Å². The molecule has 0 aliphatic rings. The van der Waals surface area contributed by atoms with Crippen LogP contribution in [0.5, 0.6) is 0 Å². The second kappa shape index (κ2) is 3.90. The fourth-order valence-corrected chi connectivity index (χ4v) is 2.25. The molecule has 0 fully saturated rings. The number of nitrogens with one attached hydrogen (secondary N) is 2. The number of anilines is 1. The number of nitrogens with zero attached hydrogens (tertiary/aromatic N) is 3. The molecule has 2 aromatic heterocycles. The molecule has 1 aromatic carbocycles. The molecule has 0 spiro atoms. The minimum atomic E-state index is 0.631. The van der Waals surface area contributed by atoms with Gasteiger partial charge < -0.3 is 5.32 Å². The molecule has 0 aliphatic carbocycles.